The van der Waals surface area contributed by atoms with Crippen LogP contribution in [0.4, 0.5) is 0 Å². The van der Waals surface area contributed by atoms with E-state index in [1.165, 1.54) is 5.56 Å². The van der Waals surface area contributed by atoms with Gasteiger partial charge in [0, 0.05) is 24.9 Å². The predicted molar refractivity (Wildman–Crippen MR) is 61.9 cm³/mol. The van der Waals surface area contributed by atoms with Crippen molar-refractivity contribution in [2.45, 2.75) is 32.8 Å². The van der Waals surface area contributed by atoms with Gasteiger partial charge < -0.3 is 10.4 Å². The molecule has 84 valence electrons. The Morgan fingerprint density at radius 3 is 2.73 bits per heavy atom. The van der Waals surface area contributed by atoms with Crippen LogP contribution in [0.2, 0.25) is 0 Å². The second-order valence-corrected chi connectivity index (χ2v) is 3.68. The van der Waals surface area contributed by atoms with Gasteiger partial charge in [-0.1, -0.05) is 19.9 Å². The number of aromatic nitrogens is 1. The monoisotopic (exact) mass is 208 g/mol. The summed E-state index contributed by atoms with van der Waals surface area (Å²) >= 11 is 0. The first-order chi connectivity index (χ1) is 7.26. The van der Waals surface area contributed by atoms with E-state index in [1.54, 1.807) is 0 Å². The van der Waals surface area contributed by atoms with Crippen LogP contribution in [-0.2, 0) is 12.8 Å². The number of hydrogen-bond acceptors (Lipinski definition) is 3. The van der Waals surface area contributed by atoms with Crippen molar-refractivity contribution in [1.82, 2.24) is 10.3 Å². The van der Waals surface area contributed by atoms with Crippen LogP contribution >= 0.6 is 0 Å². The molecule has 3 heteroatoms. The molecular weight excluding hydrogens is 188 g/mol. The molecule has 0 radical (unpaired) electrons. The molecule has 1 aromatic rings. The molecule has 1 unspecified atom stereocenters. The van der Waals surface area contributed by atoms with Crippen molar-refractivity contribution in [2.24, 2.45) is 0 Å². The summed E-state index contributed by atoms with van der Waals surface area (Å²) in [5, 5.41) is 12.8. The first kappa shape index (κ1) is 12.1. The Balaban J connectivity index is 2.42. The molecule has 3 nitrogen and oxygen atoms in total. The van der Waals surface area contributed by atoms with Crippen LogP contribution in [0.1, 0.15) is 25.1 Å². The lowest BCUT2D eigenvalue weighted by Crippen LogP contribution is -2.28. The minimum absolute atomic E-state index is 0.343. The van der Waals surface area contributed by atoms with Crippen LogP contribution in [0.15, 0.2) is 18.3 Å². The van der Waals surface area contributed by atoms with Gasteiger partial charge in [-0.05, 0) is 24.6 Å². The highest BCUT2D eigenvalue weighted by Crippen LogP contribution is 2.03. The number of nitrogens with zero attached hydrogens (tertiary/aromatic N) is 1. The second-order valence-electron chi connectivity index (χ2n) is 3.68. The summed E-state index contributed by atoms with van der Waals surface area (Å²) in [4.78, 5) is 4.31. The number of pyridine rings is 1. The maximum atomic E-state index is 9.66. The third-order valence-corrected chi connectivity index (χ3v) is 2.37. The van der Waals surface area contributed by atoms with Crippen LogP contribution in [0.25, 0.3) is 0 Å². The molecule has 1 heterocycles. The summed E-state index contributed by atoms with van der Waals surface area (Å²) in [6.45, 7) is 5.66. The smallest absolute Gasteiger partial charge is 0.0719 e. The van der Waals surface area contributed by atoms with Gasteiger partial charge in [0.15, 0.2) is 0 Å². The van der Waals surface area contributed by atoms with Crippen LogP contribution in [0.5, 0.6) is 0 Å². The highest BCUT2D eigenvalue weighted by molar-refractivity contribution is 5.14. The fourth-order valence-electron chi connectivity index (χ4n) is 1.41. The zero-order chi connectivity index (χ0) is 11.1. The third kappa shape index (κ3) is 4.40. The first-order valence-corrected chi connectivity index (χ1v) is 5.58. The Labute approximate surface area is 91.5 Å². The summed E-state index contributed by atoms with van der Waals surface area (Å²) in [5.41, 5.74) is 2.19. The predicted octanol–water partition coefficient (Wildman–Crippen LogP) is 1.16. The highest BCUT2D eigenvalue weighted by atomic mass is 16.3. The SMILES string of the molecule is CCNCC(O)Cc1ccc(CC)cn1. The van der Waals surface area contributed by atoms with Gasteiger partial charge in [0.2, 0.25) is 0 Å². The lowest BCUT2D eigenvalue weighted by molar-refractivity contribution is 0.171. The molecule has 0 aromatic carbocycles. The normalized spacial score (nSPS) is 12.7. The molecule has 0 saturated heterocycles. The molecular formula is C12H20N2O. The van der Waals surface area contributed by atoms with Gasteiger partial charge in [0.05, 0.1) is 6.10 Å². The standard InChI is InChI=1S/C12H20N2O/c1-3-10-5-6-11(14-8-10)7-12(15)9-13-4-2/h5-6,8,12-13,15H,3-4,7,9H2,1-2H3. The van der Waals surface area contributed by atoms with Crippen LogP contribution in [0.3, 0.4) is 0 Å². The van der Waals surface area contributed by atoms with Crippen LogP contribution in [0, 0.1) is 0 Å². The average Bonchev–Trinajstić information content (AvgIpc) is 2.27. The van der Waals surface area contributed by atoms with E-state index in [4.69, 9.17) is 0 Å². The van der Waals surface area contributed by atoms with Crippen LogP contribution in [-0.4, -0.2) is 29.3 Å². The van der Waals surface area contributed by atoms with Crippen molar-refractivity contribution in [3.63, 3.8) is 0 Å². The van der Waals surface area contributed by atoms with Gasteiger partial charge in [-0.3, -0.25) is 4.98 Å². The number of likely N-dealkylation sites (N-methyl/N-ethyl adjacent to an activating group) is 1. The molecule has 0 fully saturated rings. The lowest BCUT2D eigenvalue weighted by Gasteiger charge is -2.10. The Morgan fingerprint density at radius 1 is 1.40 bits per heavy atom. The minimum Gasteiger partial charge on any atom is -0.391 e. The van der Waals surface area contributed by atoms with Crippen molar-refractivity contribution in [3.8, 4) is 0 Å². The Morgan fingerprint density at radius 2 is 2.20 bits per heavy atom. The molecule has 1 aromatic heterocycles. The molecule has 0 amide bonds. The van der Waals surface area contributed by atoms with Gasteiger partial charge in [-0.25, -0.2) is 0 Å². The van der Waals surface area contributed by atoms with Crippen molar-refractivity contribution in [2.75, 3.05) is 13.1 Å². The summed E-state index contributed by atoms with van der Waals surface area (Å²) < 4.78 is 0. The van der Waals surface area contributed by atoms with E-state index in [0.717, 1.165) is 18.7 Å². The first-order valence-electron chi connectivity index (χ1n) is 5.58. The molecule has 0 aliphatic heterocycles. The van der Waals surface area contributed by atoms with Crippen LogP contribution < -0.4 is 5.32 Å². The van der Waals surface area contributed by atoms with E-state index in [2.05, 4.69) is 23.3 Å². The van der Waals surface area contributed by atoms with Gasteiger partial charge in [-0.15, -0.1) is 0 Å². The summed E-state index contributed by atoms with van der Waals surface area (Å²) in [6, 6.07) is 4.07. The van der Waals surface area contributed by atoms with Gasteiger partial charge >= 0.3 is 0 Å². The summed E-state index contributed by atoms with van der Waals surface area (Å²) in [5.74, 6) is 0. The third-order valence-electron chi connectivity index (χ3n) is 2.37. The molecule has 0 aliphatic carbocycles. The number of aliphatic hydroxyl groups excluding tert-OH is 1. The van der Waals surface area contributed by atoms with Crippen molar-refractivity contribution < 1.29 is 5.11 Å². The zero-order valence-electron chi connectivity index (χ0n) is 9.53. The molecule has 0 saturated carbocycles. The fourth-order valence-corrected chi connectivity index (χ4v) is 1.41. The molecule has 0 aliphatic rings. The Kier molecular flexibility index (Phi) is 5.29. The Bertz CT molecular complexity index is 271. The molecule has 15 heavy (non-hydrogen) atoms. The van der Waals surface area contributed by atoms with E-state index in [0.29, 0.717) is 13.0 Å². The summed E-state index contributed by atoms with van der Waals surface area (Å²) in [7, 11) is 0. The number of aryl methyl sites for hydroxylation is 1. The van der Waals surface area contributed by atoms with E-state index in [-0.39, 0.29) is 6.10 Å². The van der Waals surface area contributed by atoms with Gasteiger partial charge in [0.25, 0.3) is 0 Å². The maximum Gasteiger partial charge on any atom is 0.0719 e. The van der Waals surface area contributed by atoms with Crippen molar-refractivity contribution in [1.29, 1.82) is 0 Å². The average molecular weight is 208 g/mol. The number of nitrogens with one attached hydrogen (secondary N) is 1. The lowest BCUT2D eigenvalue weighted by atomic mass is 10.1. The zero-order valence-corrected chi connectivity index (χ0v) is 9.53. The van der Waals surface area contributed by atoms with Crippen molar-refractivity contribution in [3.05, 3.63) is 29.6 Å². The maximum absolute atomic E-state index is 9.66. The van der Waals surface area contributed by atoms with Gasteiger partial charge in [-0.2, -0.15) is 0 Å². The van der Waals surface area contributed by atoms with E-state index in [1.807, 2.05) is 19.2 Å². The largest absolute Gasteiger partial charge is 0.391 e. The number of hydrogen-bond donors (Lipinski definition) is 2. The topological polar surface area (TPSA) is 45.1 Å². The fraction of sp³-hybridized carbons (Fsp3) is 0.583. The summed E-state index contributed by atoms with van der Waals surface area (Å²) in [6.07, 6.45) is 3.17. The van der Waals surface area contributed by atoms with E-state index in [9.17, 15) is 5.11 Å². The molecule has 2 N–H and O–H groups in total. The highest BCUT2D eigenvalue weighted by Gasteiger charge is 2.05. The molecule has 0 bridgehead atoms. The van der Waals surface area contributed by atoms with E-state index >= 15 is 0 Å². The molecule has 1 atom stereocenters. The minimum atomic E-state index is -0.343. The quantitative estimate of drug-likeness (QED) is 0.737. The van der Waals surface area contributed by atoms with Crippen molar-refractivity contribution >= 4 is 0 Å². The number of aliphatic hydroxyl groups is 1. The molecule has 1 rings (SSSR count). The Hall–Kier alpha value is -0.930. The molecule has 0 spiro atoms. The van der Waals surface area contributed by atoms with Gasteiger partial charge in [0.1, 0.15) is 0 Å². The second kappa shape index (κ2) is 6.53. The number of rotatable bonds is 6. The van der Waals surface area contributed by atoms with E-state index < -0.39 is 0 Å².